The number of nitrogens with zero attached hydrogens (tertiary/aromatic N) is 2. The molecule has 1 aliphatic heterocycles. The third kappa shape index (κ3) is 25.4. The summed E-state index contributed by atoms with van der Waals surface area (Å²) in [4.78, 5) is 186. The average molecular weight is 1220 g/mol. The highest BCUT2D eigenvalue weighted by Gasteiger charge is 2.41. The topological polar surface area (TPSA) is 586 Å². The van der Waals surface area contributed by atoms with E-state index in [4.69, 9.17) is 22.3 Å². The molecule has 23 N–H and O–H groups in total. The monoisotopic (exact) mass is 1220 g/mol. The maximum atomic E-state index is 14.2. The van der Waals surface area contributed by atoms with Crippen molar-refractivity contribution in [3.8, 4) is 0 Å². The van der Waals surface area contributed by atoms with E-state index in [1.165, 1.54) is 4.90 Å². The Morgan fingerprint density at radius 2 is 1.06 bits per heavy atom. The number of aliphatic imine (C=N–C) groups is 1. The number of benzene rings is 1. The van der Waals surface area contributed by atoms with Crippen LogP contribution in [0, 0.1) is 5.92 Å². The fraction of sp³-hybridized carbons (Fsp3) is 0.580. The van der Waals surface area contributed by atoms with Crippen molar-refractivity contribution in [2.75, 3.05) is 59.1 Å². The smallest absolute Gasteiger partial charge is 0.328 e. The molecular weight excluding hydrogens is 1140 g/mol. The first-order valence-electron chi connectivity index (χ1n) is 26.8. The van der Waals surface area contributed by atoms with Crippen molar-refractivity contribution in [3.63, 3.8) is 0 Å². The number of carbonyl (C=O) groups excluding carboxylic acids is 12. The fourth-order valence-corrected chi connectivity index (χ4v) is 8.09. The quantitative estimate of drug-likeness (QED) is 0.0167. The van der Waals surface area contributed by atoms with Gasteiger partial charge in [0.1, 0.15) is 48.3 Å². The van der Waals surface area contributed by atoms with Crippen LogP contribution in [0.3, 0.4) is 0 Å². The molecule has 0 aromatic heterocycles. The molecule has 1 heterocycles. The van der Waals surface area contributed by atoms with Crippen LogP contribution < -0.4 is 75.7 Å². The zero-order valence-electron chi connectivity index (χ0n) is 47.4. The predicted molar refractivity (Wildman–Crippen MR) is 296 cm³/mol. The Kier molecular flexibility index (Phi) is 31.6. The van der Waals surface area contributed by atoms with Crippen molar-refractivity contribution < 1.29 is 97.8 Å². The zero-order chi connectivity index (χ0) is 64.8. The van der Waals surface area contributed by atoms with Gasteiger partial charge in [-0.2, -0.15) is 0 Å². The summed E-state index contributed by atoms with van der Waals surface area (Å²) in [6.07, 6.45) is -2.63. The Bertz CT molecular complexity index is 2590. The number of hydrogen-bond donors (Lipinski definition) is 20. The van der Waals surface area contributed by atoms with Gasteiger partial charge in [0.25, 0.3) is 0 Å². The van der Waals surface area contributed by atoms with Gasteiger partial charge in [0.05, 0.1) is 58.5 Å². The fourth-order valence-electron chi connectivity index (χ4n) is 8.09. The van der Waals surface area contributed by atoms with Crippen molar-refractivity contribution in [1.82, 2.24) is 63.4 Å². The lowest BCUT2D eigenvalue weighted by Gasteiger charge is -2.31. The van der Waals surface area contributed by atoms with Gasteiger partial charge in [0, 0.05) is 19.5 Å². The molecule has 478 valence electrons. The average Bonchev–Trinajstić information content (AvgIpc) is 3.82. The van der Waals surface area contributed by atoms with E-state index in [1.54, 1.807) is 44.2 Å². The molecular formula is C50H78N16O20. The minimum atomic E-state index is -1.85. The lowest BCUT2D eigenvalue weighted by atomic mass is 10.0. The van der Waals surface area contributed by atoms with Crippen LogP contribution in [0.1, 0.15) is 58.4 Å². The van der Waals surface area contributed by atoms with Crippen LogP contribution in [0.4, 0.5) is 0 Å². The number of aliphatic carboxylic acids is 2. The number of aliphatic hydroxyl groups is 4. The molecule has 36 nitrogen and oxygen atoms in total. The van der Waals surface area contributed by atoms with Crippen molar-refractivity contribution in [3.05, 3.63) is 35.9 Å². The van der Waals surface area contributed by atoms with Crippen molar-refractivity contribution >= 4 is 88.8 Å². The minimum absolute atomic E-state index is 0.00674. The Morgan fingerprint density at radius 1 is 0.593 bits per heavy atom. The number of nitrogens with two attached hydrogens (primary N) is 3. The number of carbonyl (C=O) groups is 14. The Labute approximate surface area is 491 Å². The lowest BCUT2D eigenvalue weighted by Crippen LogP contribution is -2.60. The summed E-state index contributed by atoms with van der Waals surface area (Å²) in [5, 5.41) is 82.4. The van der Waals surface area contributed by atoms with Gasteiger partial charge in [0.15, 0.2) is 12.0 Å². The number of amides is 12. The van der Waals surface area contributed by atoms with Gasteiger partial charge in [-0.25, -0.2) is 4.79 Å². The second kappa shape index (κ2) is 37.2. The van der Waals surface area contributed by atoms with Gasteiger partial charge in [-0.1, -0.05) is 44.2 Å². The second-order valence-corrected chi connectivity index (χ2v) is 19.7. The Morgan fingerprint density at radius 3 is 1.52 bits per heavy atom. The molecule has 0 bridgehead atoms. The molecule has 0 aliphatic carbocycles. The number of hydrogen-bond acceptors (Lipinski definition) is 20. The first-order valence-corrected chi connectivity index (χ1v) is 26.8. The van der Waals surface area contributed by atoms with Gasteiger partial charge in [-0.15, -0.1) is 0 Å². The van der Waals surface area contributed by atoms with Gasteiger partial charge >= 0.3 is 11.9 Å². The first-order chi connectivity index (χ1) is 40.6. The standard InChI is InChI=1S/C50H78N16O20/c1-24(2)39(64-34(71)17-51)48(84)66-14-8-12-33(66)47(83)62-29(16-38(75)76)46(82)60-27(11-7-13-54-50(52)53)44(80)61-28(15-26-9-5-4-6-10-26)45(81)63-32(23-69)43(79)56-19-36(73)58-30(21-67)41(77)55-18-35(72)59-31(22-68)42(78)57-20-37(74)65-40(25(3)70)49(85)86/h4-6,9-10,24-25,27-33,39-40,67-70H,7-8,11-23,51H2,1-3H3,(H,55,77)(H,56,79)(H,57,78)(H,58,73)(H,59,72)(H,60,82)(H,61,80)(H,62,83)(H,63,81)(H,64,71)(H,65,74)(H,75,76)(H,85,86)(H4,52,53,54)/t25-,27+,28+,29+,30+,31+,32+,33+,39+,40+/m1/s1. The third-order valence-corrected chi connectivity index (χ3v) is 12.6. The molecule has 1 aliphatic rings. The maximum absolute atomic E-state index is 14.2. The number of nitrogens with one attached hydrogen (secondary N) is 11. The molecule has 1 saturated heterocycles. The highest BCUT2D eigenvalue weighted by molar-refractivity contribution is 5.99. The predicted octanol–water partition coefficient (Wildman–Crippen LogP) is -11.0. The summed E-state index contributed by atoms with van der Waals surface area (Å²) in [5.74, 6) is -16.1. The third-order valence-electron chi connectivity index (χ3n) is 12.6. The summed E-state index contributed by atoms with van der Waals surface area (Å²) >= 11 is 0. The maximum Gasteiger partial charge on any atom is 0.328 e. The highest BCUT2D eigenvalue weighted by atomic mass is 16.4. The van der Waals surface area contributed by atoms with Gasteiger partial charge < -0.3 is 111 Å². The van der Waals surface area contributed by atoms with E-state index >= 15 is 0 Å². The Hall–Kier alpha value is -9.13. The number of likely N-dealkylation sites (tertiary alicyclic amines) is 1. The zero-order valence-corrected chi connectivity index (χ0v) is 47.4. The van der Waals surface area contributed by atoms with Crippen LogP contribution in [0.5, 0.6) is 0 Å². The summed E-state index contributed by atoms with van der Waals surface area (Å²) in [7, 11) is 0. The van der Waals surface area contributed by atoms with E-state index < -0.39 is 202 Å². The summed E-state index contributed by atoms with van der Waals surface area (Å²) < 4.78 is 0. The molecule has 0 saturated carbocycles. The van der Waals surface area contributed by atoms with Gasteiger partial charge in [-0.05, 0) is 44.1 Å². The van der Waals surface area contributed by atoms with Gasteiger partial charge in [-0.3, -0.25) is 67.3 Å². The van der Waals surface area contributed by atoms with E-state index in [1.807, 2.05) is 16.0 Å². The highest BCUT2D eigenvalue weighted by Crippen LogP contribution is 2.21. The van der Waals surface area contributed by atoms with E-state index in [-0.39, 0.29) is 44.7 Å². The lowest BCUT2D eigenvalue weighted by molar-refractivity contribution is -0.145. The molecule has 1 aromatic rings. The van der Waals surface area contributed by atoms with Crippen molar-refractivity contribution in [2.24, 2.45) is 28.1 Å². The molecule has 86 heavy (non-hydrogen) atoms. The summed E-state index contributed by atoms with van der Waals surface area (Å²) in [5.41, 5.74) is 16.8. The molecule has 12 amide bonds. The van der Waals surface area contributed by atoms with Crippen molar-refractivity contribution in [1.29, 1.82) is 0 Å². The molecule has 1 aromatic carbocycles. The van der Waals surface area contributed by atoms with Crippen molar-refractivity contribution in [2.45, 2.75) is 120 Å². The Balaban J connectivity index is 2.20. The number of rotatable bonds is 37. The molecule has 10 atom stereocenters. The molecule has 1 fully saturated rings. The molecule has 2 rings (SSSR count). The number of carboxylic acid groups (broad SMARTS) is 2. The molecule has 0 radical (unpaired) electrons. The number of aliphatic hydroxyl groups excluding tert-OH is 4. The van der Waals surface area contributed by atoms with Crippen LogP contribution in [0.25, 0.3) is 0 Å². The van der Waals surface area contributed by atoms with Crippen LogP contribution >= 0.6 is 0 Å². The SMILES string of the molecule is CC(C)[C@H](NC(=O)CN)C(=O)N1CCC[C@H]1C(=O)N[C@@H](CC(=O)O)C(=O)N[C@@H](CCCN=C(N)N)C(=O)N[C@@H](Cc1ccccc1)C(=O)N[C@@H](CO)C(=O)NCC(=O)N[C@@H](CO)C(=O)NCC(=O)N[C@@H](CO)C(=O)NCC(=O)N[C@H](C(=O)O)[C@@H](C)O. The largest absolute Gasteiger partial charge is 0.481 e. The summed E-state index contributed by atoms with van der Waals surface area (Å²) in [6.45, 7) is -1.89. The van der Waals surface area contributed by atoms with E-state index in [2.05, 4.69) is 47.5 Å². The van der Waals surface area contributed by atoms with E-state index in [0.29, 0.717) is 12.0 Å². The molecule has 0 spiro atoms. The van der Waals surface area contributed by atoms with Crippen LogP contribution in [-0.2, 0) is 73.5 Å². The number of carboxylic acids is 2. The number of guanidine groups is 1. The van der Waals surface area contributed by atoms with Crippen LogP contribution in [0.2, 0.25) is 0 Å². The van der Waals surface area contributed by atoms with E-state index in [9.17, 15) is 92.7 Å². The molecule has 36 heteroatoms. The normalized spacial score (nSPS) is 15.8. The van der Waals surface area contributed by atoms with E-state index in [0.717, 1.165) is 6.92 Å². The molecule has 0 unspecified atom stereocenters. The minimum Gasteiger partial charge on any atom is -0.481 e. The second-order valence-electron chi connectivity index (χ2n) is 19.7. The van der Waals surface area contributed by atoms with Crippen LogP contribution in [-0.4, -0.2) is 244 Å². The first kappa shape index (κ1) is 73.0. The van der Waals surface area contributed by atoms with Crippen LogP contribution in [0.15, 0.2) is 35.3 Å². The summed E-state index contributed by atoms with van der Waals surface area (Å²) in [6, 6.07) is -6.34. The van der Waals surface area contributed by atoms with Gasteiger partial charge in [0.2, 0.25) is 70.9 Å².